The van der Waals surface area contributed by atoms with Crippen molar-refractivity contribution in [3.63, 3.8) is 0 Å². The van der Waals surface area contributed by atoms with Crippen LogP contribution in [0.2, 0.25) is 0 Å². The first-order chi connectivity index (χ1) is 7.15. The molecule has 1 amide bonds. The maximum absolute atomic E-state index is 11.6. The molecule has 0 unspecified atom stereocenters. The fourth-order valence-corrected chi connectivity index (χ4v) is 2.01. The zero-order valence-electron chi connectivity index (χ0n) is 7.72. The van der Waals surface area contributed by atoms with Crippen LogP contribution in [0, 0.1) is 6.92 Å². The van der Waals surface area contributed by atoms with Crippen LogP contribution in [0.1, 0.15) is 16.3 Å². The van der Waals surface area contributed by atoms with Gasteiger partial charge in [-0.25, -0.2) is 9.97 Å². The van der Waals surface area contributed by atoms with Crippen molar-refractivity contribution in [2.75, 3.05) is 11.1 Å². The third-order valence-electron chi connectivity index (χ3n) is 1.50. The summed E-state index contributed by atoms with van der Waals surface area (Å²) in [4.78, 5) is 19.4. The van der Waals surface area contributed by atoms with E-state index in [4.69, 9.17) is 5.73 Å². The minimum absolute atomic E-state index is 0.297. The Morgan fingerprint density at radius 3 is 2.87 bits per heavy atom. The molecule has 8 heteroatoms. The summed E-state index contributed by atoms with van der Waals surface area (Å²) in [6.45, 7) is 1.76. The lowest BCUT2D eigenvalue weighted by Crippen LogP contribution is -2.12. The maximum Gasteiger partial charge on any atom is 0.277 e. The minimum Gasteiger partial charge on any atom is -0.375 e. The molecule has 0 aliphatic heterocycles. The number of hydrogen-bond donors (Lipinski definition) is 2. The quantitative estimate of drug-likeness (QED) is 0.822. The smallest absolute Gasteiger partial charge is 0.277 e. The van der Waals surface area contributed by atoms with E-state index in [1.807, 2.05) is 0 Å². The number of carbonyl (C=O) groups excluding carboxylic acids is 1. The molecule has 0 saturated carbocycles. The van der Waals surface area contributed by atoms with E-state index < -0.39 is 0 Å². The molecule has 2 aromatic rings. The Bertz CT molecular complexity index is 491. The highest BCUT2D eigenvalue weighted by atomic mass is 32.1. The Morgan fingerprint density at radius 1 is 1.53 bits per heavy atom. The third kappa shape index (κ3) is 2.28. The number of nitrogens with two attached hydrogens (primary N) is 1. The van der Waals surface area contributed by atoms with Crippen LogP contribution in [-0.4, -0.2) is 20.2 Å². The molecule has 0 bridgehead atoms. The number of nitrogens with one attached hydrogen (secondary N) is 1. The summed E-state index contributed by atoms with van der Waals surface area (Å²) in [6, 6.07) is 0. The van der Waals surface area contributed by atoms with E-state index in [0.717, 1.165) is 11.5 Å². The second-order valence-corrected chi connectivity index (χ2v) is 4.31. The molecular weight excluding hydrogens is 234 g/mol. The molecule has 0 spiro atoms. The summed E-state index contributed by atoms with van der Waals surface area (Å²) in [6.07, 6.45) is 0. The van der Waals surface area contributed by atoms with Crippen molar-refractivity contribution in [1.82, 2.24) is 14.3 Å². The highest BCUT2D eigenvalue weighted by Gasteiger charge is 2.11. The number of rotatable bonds is 2. The molecule has 15 heavy (non-hydrogen) atoms. The van der Waals surface area contributed by atoms with Crippen LogP contribution in [0.5, 0.6) is 0 Å². The van der Waals surface area contributed by atoms with Crippen LogP contribution in [0.15, 0.2) is 5.38 Å². The Morgan fingerprint density at radius 2 is 2.33 bits per heavy atom. The highest BCUT2D eigenvalue weighted by Crippen LogP contribution is 2.14. The Balaban J connectivity index is 2.10. The number of aryl methyl sites for hydroxylation is 1. The third-order valence-corrected chi connectivity index (χ3v) is 2.90. The van der Waals surface area contributed by atoms with E-state index in [-0.39, 0.29) is 5.91 Å². The van der Waals surface area contributed by atoms with E-state index >= 15 is 0 Å². The topological polar surface area (TPSA) is 93.8 Å². The van der Waals surface area contributed by atoms with Crippen molar-refractivity contribution in [2.24, 2.45) is 0 Å². The van der Waals surface area contributed by atoms with Crippen LogP contribution < -0.4 is 11.1 Å². The number of aromatic nitrogens is 3. The average molecular weight is 241 g/mol. The number of anilines is 2. The average Bonchev–Trinajstić information content (AvgIpc) is 2.75. The van der Waals surface area contributed by atoms with E-state index in [1.165, 1.54) is 11.3 Å². The van der Waals surface area contributed by atoms with Crippen molar-refractivity contribution in [3.8, 4) is 0 Å². The first-order valence-electron chi connectivity index (χ1n) is 3.98. The molecule has 0 aliphatic rings. The van der Waals surface area contributed by atoms with Gasteiger partial charge in [-0.15, -0.1) is 11.3 Å². The van der Waals surface area contributed by atoms with Crippen LogP contribution in [0.25, 0.3) is 0 Å². The summed E-state index contributed by atoms with van der Waals surface area (Å²) in [5.41, 5.74) is 5.71. The molecule has 2 rings (SSSR count). The Kier molecular flexibility index (Phi) is 2.60. The number of amides is 1. The zero-order chi connectivity index (χ0) is 10.8. The van der Waals surface area contributed by atoms with Crippen LogP contribution in [0.3, 0.4) is 0 Å². The van der Waals surface area contributed by atoms with E-state index in [9.17, 15) is 4.79 Å². The molecular formula is C7H7N5OS2. The summed E-state index contributed by atoms with van der Waals surface area (Å²) in [5.74, 6) is 0.312. The van der Waals surface area contributed by atoms with E-state index in [0.29, 0.717) is 21.8 Å². The predicted octanol–water partition coefficient (Wildman–Crippen LogP) is 1.14. The molecule has 0 radical (unpaired) electrons. The highest BCUT2D eigenvalue weighted by molar-refractivity contribution is 7.13. The number of hydrogen-bond acceptors (Lipinski definition) is 7. The minimum atomic E-state index is -0.320. The summed E-state index contributed by atoms with van der Waals surface area (Å²) in [7, 11) is 0. The molecule has 0 aromatic carbocycles. The van der Waals surface area contributed by atoms with Gasteiger partial charge in [0.15, 0.2) is 5.13 Å². The first kappa shape index (κ1) is 9.99. The number of nitrogen functional groups attached to an aromatic ring is 1. The van der Waals surface area contributed by atoms with E-state index in [2.05, 4.69) is 19.7 Å². The van der Waals surface area contributed by atoms with Crippen molar-refractivity contribution < 1.29 is 4.79 Å². The lowest BCUT2D eigenvalue weighted by molar-refractivity contribution is 0.102. The second kappa shape index (κ2) is 3.91. The summed E-state index contributed by atoms with van der Waals surface area (Å²) >= 11 is 2.35. The normalized spacial score (nSPS) is 10.2. The summed E-state index contributed by atoms with van der Waals surface area (Å²) < 4.78 is 3.94. The van der Waals surface area contributed by atoms with Crippen LogP contribution >= 0.6 is 22.9 Å². The van der Waals surface area contributed by atoms with Gasteiger partial charge in [0.1, 0.15) is 11.5 Å². The van der Waals surface area contributed by atoms with Gasteiger partial charge in [0.2, 0.25) is 5.13 Å². The van der Waals surface area contributed by atoms with Gasteiger partial charge in [0.05, 0.1) is 0 Å². The van der Waals surface area contributed by atoms with Crippen molar-refractivity contribution in [1.29, 1.82) is 0 Å². The predicted molar refractivity (Wildman–Crippen MR) is 59.1 cm³/mol. The lowest BCUT2D eigenvalue weighted by atomic mass is 10.5. The van der Waals surface area contributed by atoms with Crippen molar-refractivity contribution in [3.05, 3.63) is 16.9 Å². The van der Waals surface area contributed by atoms with Crippen molar-refractivity contribution >= 4 is 39.0 Å². The molecule has 2 heterocycles. The first-order valence-corrected chi connectivity index (χ1v) is 5.63. The molecule has 0 saturated heterocycles. The SMILES string of the molecule is Cc1nsc(NC(=O)c2csc(N)n2)n1. The molecule has 3 N–H and O–H groups in total. The number of thiazole rings is 1. The monoisotopic (exact) mass is 241 g/mol. The number of nitrogens with zero attached hydrogens (tertiary/aromatic N) is 3. The van der Waals surface area contributed by atoms with Gasteiger partial charge in [0, 0.05) is 16.9 Å². The molecule has 6 nitrogen and oxygen atoms in total. The zero-order valence-corrected chi connectivity index (χ0v) is 9.35. The molecule has 78 valence electrons. The van der Waals surface area contributed by atoms with Gasteiger partial charge < -0.3 is 5.73 Å². The molecule has 0 aliphatic carbocycles. The lowest BCUT2D eigenvalue weighted by Gasteiger charge is -1.95. The van der Waals surface area contributed by atoms with Gasteiger partial charge in [0.25, 0.3) is 5.91 Å². The largest absolute Gasteiger partial charge is 0.375 e. The van der Waals surface area contributed by atoms with E-state index in [1.54, 1.807) is 12.3 Å². The summed E-state index contributed by atoms with van der Waals surface area (Å²) in [5, 5.41) is 5.01. The van der Waals surface area contributed by atoms with Crippen molar-refractivity contribution in [2.45, 2.75) is 6.92 Å². The fourth-order valence-electron chi connectivity index (χ4n) is 0.901. The van der Waals surface area contributed by atoms with Crippen LogP contribution in [-0.2, 0) is 0 Å². The number of carbonyl (C=O) groups is 1. The Hall–Kier alpha value is -1.54. The fraction of sp³-hybridized carbons (Fsp3) is 0.143. The van der Waals surface area contributed by atoms with Gasteiger partial charge in [-0.1, -0.05) is 0 Å². The maximum atomic E-state index is 11.6. The van der Waals surface area contributed by atoms with Gasteiger partial charge in [-0.3, -0.25) is 10.1 Å². The second-order valence-electron chi connectivity index (χ2n) is 2.67. The van der Waals surface area contributed by atoms with Crippen LogP contribution in [0.4, 0.5) is 10.3 Å². The molecule has 0 atom stereocenters. The molecule has 2 aromatic heterocycles. The van der Waals surface area contributed by atoms with Gasteiger partial charge >= 0.3 is 0 Å². The van der Waals surface area contributed by atoms with Gasteiger partial charge in [-0.05, 0) is 6.92 Å². The van der Waals surface area contributed by atoms with Gasteiger partial charge in [-0.2, -0.15) is 4.37 Å². The molecule has 0 fully saturated rings. The standard InChI is InChI=1S/C7H7N5OS2/c1-3-9-7(15-12-3)11-5(13)4-2-14-6(8)10-4/h2H,1H3,(H2,8,10)(H,9,11,12,13). The Labute approximate surface area is 93.4 Å².